The minimum atomic E-state index is -5.08. The number of hydrogen-bond acceptors (Lipinski definition) is 14. The molecule has 0 aliphatic carbocycles. The zero-order valence-electron chi connectivity index (χ0n) is 23.0. The first-order chi connectivity index (χ1) is 20.8. The van der Waals surface area contributed by atoms with Gasteiger partial charge >= 0.3 is 22.5 Å². The van der Waals surface area contributed by atoms with Gasteiger partial charge in [0.1, 0.15) is 29.9 Å². The number of β-lactam (4-membered cyclic amide) rings is 1. The number of nitrogens with zero attached hydrogens (tertiary/aromatic N) is 4. The van der Waals surface area contributed by atoms with Gasteiger partial charge in [-0.3, -0.25) is 14.1 Å². The largest absolute Gasteiger partial charge is 0.490 e. The second-order valence-electron chi connectivity index (χ2n) is 9.27. The first kappa shape index (κ1) is 34.7. The lowest BCUT2D eigenvalue weighted by Crippen LogP contribution is -2.76. The zero-order valence-corrected chi connectivity index (χ0v) is 24.6. The number of hydrogen-bond donors (Lipinski definition) is 5. The van der Waals surface area contributed by atoms with Crippen LogP contribution in [0.15, 0.2) is 41.0 Å². The summed E-state index contributed by atoms with van der Waals surface area (Å²) in [5, 5.41) is 17.2. The molecule has 22 heteroatoms. The SMILES string of the molecule is CC1(C)C(NC(=O)C(=NOCCOc2ccc3c(N)nccc3c2)c2csc(N)n2)C(=O)N1OS(=O)(=O)O.O=C(O)C(F)(F)F. The van der Waals surface area contributed by atoms with E-state index in [2.05, 4.69) is 24.7 Å². The van der Waals surface area contributed by atoms with Gasteiger partial charge in [-0.05, 0) is 43.5 Å². The topological polar surface area (TPSA) is 259 Å². The molecule has 1 saturated heterocycles. The Bertz CT molecular complexity index is 1730. The Morgan fingerprint density at radius 2 is 1.89 bits per heavy atom. The number of benzene rings is 1. The molecule has 1 fully saturated rings. The molecule has 45 heavy (non-hydrogen) atoms. The number of halogens is 3. The highest BCUT2D eigenvalue weighted by molar-refractivity contribution is 7.80. The number of rotatable bonds is 10. The summed E-state index contributed by atoms with van der Waals surface area (Å²) in [6.45, 7) is 2.89. The van der Waals surface area contributed by atoms with Crippen molar-refractivity contribution in [2.24, 2.45) is 5.16 Å². The summed E-state index contributed by atoms with van der Waals surface area (Å²) in [7, 11) is -4.94. The molecule has 1 aliphatic rings. The number of carboxylic acids is 1. The first-order valence-electron chi connectivity index (χ1n) is 12.1. The van der Waals surface area contributed by atoms with E-state index in [1.165, 1.54) is 19.2 Å². The van der Waals surface area contributed by atoms with Crippen LogP contribution in [0.4, 0.5) is 24.1 Å². The Hall–Kier alpha value is -4.80. The van der Waals surface area contributed by atoms with Gasteiger partial charge < -0.3 is 31.5 Å². The third-order valence-electron chi connectivity index (χ3n) is 5.71. The van der Waals surface area contributed by atoms with Crippen LogP contribution in [-0.2, 0) is 33.9 Å². The molecule has 0 bridgehead atoms. The van der Waals surface area contributed by atoms with Crippen molar-refractivity contribution in [3.63, 3.8) is 0 Å². The molecule has 0 spiro atoms. The summed E-state index contributed by atoms with van der Waals surface area (Å²) in [5.74, 6) is -3.53. The highest BCUT2D eigenvalue weighted by atomic mass is 32.3. The predicted molar refractivity (Wildman–Crippen MR) is 150 cm³/mol. The summed E-state index contributed by atoms with van der Waals surface area (Å²) in [6, 6.07) is 5.91. The Kier molecular flexibility index (Phi) is 10.4. The van der Waals surface area contributed by atoms with Gasteiger partial charge in [0.15, 0.2) is 17.5 Å². The number of carbonyl (C=O) groups excluding carboxylic acids is 2. The van der Waals surface area contributed by atoms with Crippen molar-refractivity contribution in [3.8, 4) is 5.75 Å². The maximum Gasteiger partial charge on any atom is 0.490 e. The monoisotopic (exact) mass is 679 g/mol. The van der Waals surface area contributed by atoms with Crippen molar-refractivity contribution in [2.45, 2.75) is 31.6 Å². The van der Waals surface area contributed by atoms with Crippen LogP contribution in [0.1, 0.15) is 19.5 Å². The summed E-state index contributed by atoms with van der Waals surface area (Å²) in [5.41, 5.74) is 10.0. The van der Waals surface area contributed by atoms with E-state index < -0.39 is 45.9 Å². The van der Waals surface area contributed by atoms with Gasteiger partial charge in [-0.2, -0.15) is 26.7 Å². The number of hydroxylamine groups is 2. The number of ether oxygens (including phenoxy) is 1. The fraction of sp³-hybridized carbons (Fsp3) is 0.304. The number of nitrogens with two attached hydrogens (primary N) is 2. The molecular formula is C23H24F3N7O10S2. The van der Waals surface area contributed by atoms with Gasteiger partial charge in [-0.15, -0.1) is 15.6 Å². The zero-order chi connectivity index (χ0) is 33.7. The highest BCUT2D eigenvalue weighted by Crippen LogP contribution is 2.33. The van der Waals surface area contributed by atoms with Crippen LogP contribution in [0, 0.1) is 0 Å². The van der Waals surface area contributed by atoms with E-state index in [1.54, 1.807) is 30.5 Å². The lowest BCUT2D eigenvalue weighted by Gasteiger charge is -2.50. The number of thiazole rings is 1. The van der Waals surface area contributed by atoms with Crippen molar-refractivity contribution in [1.29, 1.82) is 0 Å². The molecule has 0 saturated carbocycles. The van der Waals surface area contributed by atoms with Crippen molar-refractivity contribution in [3.05, 3.63) is 41.5 Å². The number of nitrogen functional groups attached to an aromatic ring is 2. The Balaban J connectivity index is 0.000000707. The van der Waals surface area contributed by atoms with Gasteiger partial charge in [-0.25, -0.2) is 14.8 Å². The van der Waals surface area contributed by atoms with E-state index in [1.807, 2.05) is 0 Å². The minimum absolute atomic E-state index is 0.0449. The second-order valence-corrected chi connectivity index (χ2v) is 11.2. The molecule has 3 aromatic rings. The Labute approximate surface area is 255 Å². The van der Waals surface area contributed by atoms with Gasteiger partial charge in [0.2, 0.25) is 0 Å². The third-order valence-corrected chi connectivity index (χ3v) is 6.72. The number of anilines is 2. The molecule has 3 heterocycles. The fourth-order valence-corrected chi connectivity index (χ4v) is 4.60. The predicted octanol–water partition coefficient (Wildman–Crippen LogP) is 1.13. The summed E-state index contributed by atoms with van der Waals surface area (Å²) in [4.78, 5) is 47.6. The second kappa shape index (κ2) is 13.5. The lowest BCUT2D eigenvalue weighted by atomic mass is 9.84. The van der Waals surface area contributed by atoms with E-state index >= 15 is 0 Å². The fourth-order valence-electron chi connectivity index (χ4n) is 3.60. The van der Waals surface area contributed by atoms with Gasteiger partial charge in [0.25, 0.3) is 11.8 Å². The quantitative estimate of drug-likeness (QED) is 0.0662. The standard InChI is InChI=1S/C21H23N7O8S2.C2HF3O2/c1-21(2)16(19(30)28(21)36-38(31,32)33)26-18(29)15(14-10-37-20(23)25-14)27-35-8-7-34-12-3-4-13-11(9-12)5-6-24-17(13)22;3-2(4,5)1(6)7/h3-6,9-10,16H,7-8H2,1-2H3,(H2,22,24)(H2,23,25)(H,26,29)(H,31,32,33);(H,6,7). The van der Waals surface area contributed by atoms with E-state index in [9.17, 15) is 31.2 Å². The van der Waals surface area contributed by atoms with E-state index in [-0.39, 0.29) is 29.8 Å². The molecule has 1 atom stereocenters. The summed E-state index contributed by atoms with van der Waals surface area (Å²) < 4.78 is 72.6. The number of aromatic nitrogens is 2. The highest BCUT2D eigenvalue weighted by Gasteiger charge is 2.58. The summed E-state index contributed by atoms with van der Waals surface area (Å²) >= 11 is 1.06. The smallest absolute Gasteiger partial charge is 0.490 e. The van der Waals surface area contributed by atoms with Crippen molar-refractivity contribution < 1.29 is 59.5 Å². The number of oxime groups is 1. The number of alkyl halides is 3. The van der Waals surface area contributed by atoms with Crippen molar-refractivity contribution in [2.75, 3.05) is 24.7 Å². The normalized spacial score (nSPS) is 16.3. The number of aliphatic carboxylic acids is 1. The summed E-state index contributed by atoms with van der Waals surface area (Å²) in [6.07, 6.45) is -3.49. The van der Waals surface area contributed by atoms with Crippen molar-refractivity contribution in [1.82, 2.24) is 20.3 Å². The average Bonchev–Trinajstić information content (AvgIpc) is 3.37. The third kappa shape index (κ3) is 8.87. The van der Waals surface area contributed by atoms with Gasteiger partial charge in [0, 0.05) is 17.0 Å². The van der Waals surface area contributed by atoms with Crippen LogP contribution in [0.25, 0.3) is 10.8 Å². The molecule has 2 amide bonds. The number of carboxylic acid groups (broad SMARTS) is 1. The van der Waals surface area contributed by atoms with E-state index in [0.29, 0.717) is 16.6 Å². The number of carbonyl (C=O) groups is 3. The Morgan fingerprint density at radius 1 is 1.22 bits per heavy atom. The van der Waals surface area contributed by atoms with Crippen LogP contribution >= 0.6 is 11.3 Å². The van der Waals surface area contributed by atoms with Crippen LogP contribution in [0.5, 0.6) is 5.75 Å². The number of nitrogens with one attached hydrogen (secondary N) is 1. The van der Waals surface area contributed by atoms with Gasteiger partial charge in [-0.1, -0.05) is 5.16 Å². The molecule has 2 aromatic heterocycles. The molecule has 0 radical (unpaired) electrons. The van der Waals surface area contributed by atoms with Crippen LogP contribution in [-0.4, -0.2) is 87.6 Å². The maximum absolute atomic E-state index is 13.0. The molecule has 1 aromatic carbocycles. The lowest BCUT2D eigenvalue weighted by molar-refractivity contribution is -0.218. The van der Waals surface area contributed by atoms with Crippen molar-refractivity contribution >= 4 is 67.0 Å². The van der Waals surface area contributed by atoms with E-state index in [4.69, 9.17) is 35.5 Å². The van der Waals surface area contributed by atoms with Crippen LogP contribution < -0.4 is 21.5 Å². The first-order valence-corrected chi connectivity index (χ1v) is 14.4. The maximum atomic E-state index is 13.0. The molecule has 1 unspecified atom stereocenters. The minimum Gasteiger partial charge on any atom is -0.490 e. The number of amides is 2. The Morgan fingerprint density at radius 3 is 2.44 bits per heavy atom. The van der Waals surface area contributed by atoms with E-state index in [0.717, 1.165) is 22.1 Å². The molecule has 1 aliphatic heterocycles. The molecule has 244 valence electrons. The molecule has 17 nitrogen and oxygen atoms in total. The average molecular weight is 680 g/mol. The van der Waals surface area contributed by atoms with Crippen LogP contribution in [0.2, 0.25) is 0 Å². The number of fused-ring (bicyclic) bond motifs is 1. The number of pyridine rings is 1. The van der Waals surface area contributed by atoms with Crippen LogP contribution in [0.3, 0.4) is 0 Å². The molecular weight excluding hydrogens is 655 g/mol. The molecule has 7 N–H and O–H groups in total. The molecule has 4 rings (SSSR count). The van der Waals surface area contributed by atoms with Gasteiger partial charge in [0.05, 0.1) is 5.54 Å².